The average Bonchev–Trinajstić information content (AvgIpc) is 3.33. The Bertz CT molecular complexity index is 1510. The van der Waals surface area contributed by atoms with Crippen LogP contribution in [0.3, 0.4) is 0 Å². The summed E-state index contributed by atoms with van der Waals surface area (Å²) in [6.45, 7) is 1.44. The molecule has 0 radical (unpaired) electrons. The minimum absolute atomic E-state index is 0.0586. The van der Waals surface area contributed by atoms with Gasteiger partial charge in [-0.05, 0) is 50.1 Å². The van der Waals surface area contributed by atoms with Crippen LogP contribution in [0.4, 0.5) is 26.2 Å². The van der Waals surface area contributed by atoms with E-state index in [0.29, 0.717) is 54.1 Å². The van der Waals surface area contributed by atoms with Gasteiger partial charge in [0.05, 0.1) is 23.2 Å². The molecule has 1 unspecified atom stereocenters. The molecule has 4 N–H and O–H groups in total. The van der Waals surface area contributed by atoms with Gasteiger partial charge >= 0.3 is 6.09 Å². The van der Waals surface area contributed by atoms with Crippen molar-refractivity contribution >= 4 is 64.6 Å². The van der Waals surface area contributed by atoms with E-state index in [-0.39, 0.29) is 52.8 Å². The maximum atomic E-state index is 14.0. The Hall–Kier alpha value is -4.16. The van der Waals surface area contributed by atoms with Gasteiger partial charge in [0.25, 0.3) is 0 Å². The largest absolute Gasteiger partial charge is 0.447 e. The number of aromatic nitrogens is 2. The van der Waals surface area contributed by atoms with Crippen molar-refractivity contribution in [3.8, 4) is 11.3 Å². The molecule has 1 aliphatic rings. The number of anilines is 3. The number of nitrogens with zero attached hydrogens (tertiary/aromatic N) is 2. The summed E-state index contributed by atoms with van der Waals surface area (Å²) in [7, 11) is 1.58. The number of carbonyl (C=O) groups is 4. The number of imidazole rings is 1. The van der Waals surface area contributed by atoms with E-state index in [1.54, 1.807) is 25.2 Å². The molecule has 4 rings (SSSR count). The molecule has 42 heavy (non-hydrogen) atoms. The average molecular weight is 619 g/mol. The fraction of sp³-hybridized carbons (Fsp3) is 0.321. The summed E-state index contributed by atoms with van der Waals surface area (Å²) in [4.78, 5) is 58.4. The molecule has 0 aliphatic carbocycles. The van der Waals surface area contributed by atoms with E-state index in [1.807, 2.05) is 0 Å². The number of halogens is 3. The van der Waals surface area contributed by atoms with E-state index in [1.165, 1.54) is 24.0 Å². The number of benzene rings is 2. The first-order valence-electron chi connectivity index (χ1n) is 13.1. The van der Waals surface area contributed by atoms with E-state index < -0.39 is 17.8 Å². The van der Waals surface area contributed by atoms with Gasteiger partial charge in [0.1, 0.15) is 29.1 Å². The van der Waals surface area contributed by atoms with Crippen molar-refractivity contribution in [3.05, 3.63) is 57.7 Å². The molecule has 2 heterocycles. The van der Waals surface area contributed by atoms with E-state index in [9.17, 15) is 23.6 Å². The first kappa shape index (κ1) is 30.8. The van der Waals surface area contributed by atoms with Crippen LogP contribution in [0.15, 0.2) is 30.3 Å². The molecule has 1 aliphatic heterocycles. The topological polar surface area (TPSA) is 146 Å². The standard InChI is InChI=1S/C28H29Cl2FN6O5/c1-15-20(10-9-19(29)23(15)31)34-28(41)42-12-11-37(2)27(40)18-5-3-4-6-22(39)33-21-13-16(32-14-38)7-8-17(21)24-25(30)36-26(18)35-24/h7-10,13-14,18H,3-6,11-12H2,1-2H3,(H,32,38)(H,33,39)(H,34,41)(H,35,36). The van der Waals surface area contributed by atoms with Gasteiger partial charge in [0.15, 0.2) is 0 Å². The van der Waals surface area contributed by atoms with Crippen LogP contribution in [0.5, 0.6) is 0 Å². The first-order chi connectivity index (χ1) is 20.1. The summed E-state index contributed by atoms with van der Waals surface area (Å²) in [6.07, 6.45) is 1.44. The van der Waals surface area contributed by atoms with E-state index in [4.69, 9.17) is 27.9 Å². The number of H-pyrrole nitrogens is 1. The Labute approximate surface area is 251 Å². The second-order valence-corrected chi connectivity index (χ2v) is 10.5. The lowest BCUT2D eigenvalue weighted by molar-refractivity contribution is -0.132. The highest BCUT2D eigenvalue weighted by Crippen LogP contribution is 2.36. The van der Waals surface area contributed by atoms with Crippen molar-refractivity contribution < 1.29 is 28.3 Å². The van der Waals surface area contributed by atoms with Crippen molar-refractivity contribution in [2.75, 3.05) is 36.1 Å². The zero-order chi connectivity index (χ0) is 30.4. The smallest absolute Gasteiger partial charge is 0.411 e. The fourth-order valence-electron chi connectivity index (χ4n) is 4.53. The molecule has 2 aromatic carbocycles. The van der Waals surface area contributed by atoms with Gasteiger partial charge in [-0.25, -0.2) is 14.2 Å². The number of rotatable bonds is 7. The molecular weight excluding hydrogens is 590 g/mol. The molecule has 0 saturated heterocycles. The predicted molar refractivity (Wildman–Crippen MR) is 157 cm³/mol. The monoisotopic (exact) mass is 618 g/mol. The van der Waals surface area contributed by atoms with Crippen LogP contribution in [-0.2, 0) is 19.1 Å². The molecule has 0 saturated carbocycles. The third-order valence-corrected chi connectivity index (χ3v) is 7.40. The molecule has 4 amide bonds. The molecule has 11 nitrogen and oxygen atoms in total. The Morgan fingerprint density at radius 2 is 2.02 bits per heavy atom. The number of carbonyl (C=O) groups excluding carboxylic acids is 4. The van der Waals surface area contributed by atoms with Gasteiger partial charge in [-0.1, -0.05) is 29.6 Å². The Morgan fingerprint density at radius 3 is 2.79 bits per heavy atom. The molecule has 14 heteroatoms. The van der Waals surface area contributed by atoms with Gasteiger partial charge in [-0.15, -0.1) is 0 Å². The minimum Gasteiger partial charge on any atom is -0.447 e. The van der Waals surface area contributed by atoms with Gasteiger partial charge in [0, 0.05) is 36.0 Å². The minimum atomic E-state index is -0.808. The van der Waals surface area contributed by atoms with Gasteiger partial charge < -0.3 is 25.3 Å². The number of hydrogen-bond donors (Lipinski definition) is 4. The summed E-state index contributed by atoms with van der Waals surface area (Å²) in [5.74, 6) is -1.48. The number of aromatic amines is 1. The molecule has 1 aromatic heterocycles. The van der Waals surface area contributed by atoms with Gasteiger partial charge in [-0.2, -0.15) is 0 Å². The number of fused-ring (bicyclic) bond motifs is 4. The van der Waals surface area contributed by atoms with Crippen LogP contribution < -0.4 is 16.0 Å². The lowest BCUT2D eigenvalue weighted by atomic mass is 9.98. The summed E-state index contributed by atoms with van der Waals surface area (Å²) in [6, 6.07) is 7.72. The van der Waals surface area contributed by atoms with E-state index >= 15 is 0 Å². The van der Waals surface area contributed by atoms with Gasteiger partial charge in [-0.3, -0.25) is 19.7 Å². The Kier molecular flexibility index (Phi) is 10.0. The second-order valence-electron chi connectivity index (χ2n) is 9.71. The molecule has 222 valence electrons. The molecular formula is C28H29Cl2FN6O5. The zero-order valence-electron chi connectivity index (χ0n) is 22.9. The van der Waals surface area contributed by atoms with E-state index in [2.05, 4.69) is 25.9 Å². The summed E-state index contributed by atoms with van der Waals surface area (Å²) in [5.41, 5.74) is 2.14. The quantitative estimate of drug-likeness (QED) is 0.250. The third kappa shape index (κ3) is 7.18. The maximum absolute atomic E-state index is 14.0. The lowest BCUT2D eigenvalue weighted by Gasteiger charge is -2.23. The highest BCUT2D eigenvalue weighted by molar-refractivity contribution is 6.32. The molecule has 2 bridgehead atoms. The maximum Gasteiger partial charge on any atom is 0.411 e. The summed E-state index contributed by atoms with van der Waals surface area (Å²) < 4.78 is 19.2. The normalized spacial score (nSPS) is 14.9. The van der Waals surface area contributed by atoms with Crippen molar-refractivity contribution in [3.63, 3.8) is 0 Å². The summed E-state index contributed by atoms with van der Waals surface area (Å²) in [5, 5.41) is 8.00. The molecule has 1 atom stereocenters. The van der Waals surface area contributed by atoms with Crippen LogP contribution in [0.25, 0.3) is 11.3 Å². The van der Waals surface area contributed by atoms with E-state index in [0.717, 1.165) is 0 Å². The van der Waals surface area contributed by atoms with Crippen LogP contribution in [0.1, 0.15) is 43.0 Å². The van der Waals surface area contributed by atoms with Crippen LogP contribution in [-0.4, -0.2) is 59.4 Å². The fourth-order valence-corrected chi connectivity index (χ4v) is 4.98. The highest BCUT2D eigenvalue weighted by atomic mass is 35.5. The van der Waals surface area contributed by atoms with Crippen molar-refractivity contribution in [2.24, 2.45) is 0 Å². The van der Waals surface area contributed by atoms with Crippen LogP contribution in [0, 0.1) is 12.7 Å². The van der Waals surface area contributed by atoms with Crippen molar-refractivity contribution in [1.29, 1.82) is 0 Å². The zero-order valence-corrected chi connectivity index (χ0v) is 24.4. The Balaban J connectivity index is 1.47. The molecule has 3 aromatic rings. The Morgan fingerprint density at radius 1 is 1.24 bits per heavy atom. The van der Waals surface area contributed by atoms with Gasteiger partial charge in [0.2, 0.25) is 18.2 Å². The number of ether oxygens (including phenoxy) is 1. The predicted octanol–water partition coefficient (Wildman–Crippen LogP) is 5.70. The van der Waals surface area contributed by atoms with Crippen molar-refractivity contribution in [2.45, 2.75) is 38.5 Å². The summed E-state index contributed by atoms with van der Waals surface area (Å²) >= 11 is 12.3. The SMILES string of the molecule is Cc1c(NC(=O)OCCN(C)C(=O)C2CCCCC(=O)Nc3cc(NC=O)ccc3-c3nc2[nH]c3Cl)ccc(Cl)c1F. The lowest BCUT2D eigenvalue weighted by Crippen LogP contribution is -2.35. The highest BCUT2D eigenvalue weighted by Gasteiger charge is 2.29. The number of hydrogen-bond acceptors (Lipinski definition) is 6. The first-order valence-corrected chi connectivity index (χ1v) is 13.9. The van der Waals surface area contributed by atoms with Crippen molar-refractivity contribution in [1.82, 2.24) is 14.9 Å². The molecule has 0 spiro atoms. The number of likely N-dealkylation sites (N-methyl/N-ethyl adjacent to an activating group) is 1. The second kappa shape index (κ2) is 13.7. The van der Waals surface area contributed by atoms with Crippen LogP contribution >= 0.6 is 23.2 Å². The number of amides is 4. The third-order valence-electron chi connectivity index (χ3n) is 6.84. The molecule has 0 fully saturated rings. The number of nitrogens with one attached hydrogen (secondary N) is 4. The van der Waals surface area contributed by atoms with Crippen LogP contribution in [0.2, 0.25) is 10.2 Å².